The molecule has 0 amide bonds. The molecular weight excluding hydrogens is 1430 g/mol. The van der Waals surface area contributed by atoms with E-state index in [0.717, 1.165) is 116 Å². The van der Waals surface area contributed by atoms with Gasteiger partial charge in [-0.1, -0.05) is 387 Å². The van der Waals surface area contributed by atoms with Crippen LogP contribution in [0.25, 0.3) is 0 Å². The number of aliphatic hydroxyl groups is 2. The van der Waals surface area contributed by atoms with Crippen molar-refractivity contribution in [2.45, 2.75) is 424 Å². The molecule has 644 valence electrons. The number of carbonyl (C=O) groups excluding carboxylic acids is 3. The lowest BCUT2D eigenvalue weighted by Gasteiger charge is -2.21. The largest absolute Gasteiger partial charge is 0.472 e. The first-order chi connectivity index (χ1) is 54.2. The first-order valence-electron chi connectivity index (χ1n) is 45.2. The van der Waals surface area contributed by atoms with Gasteiger partial charge in [-0.3, -0.25) is 32.5 Å². The van der Waals surface area contributed by atoms with E-state index in [2.05, 4.69) is 130 Å². The molecule has 0 spiro atoms. The predicted octanol–water partition coefficient (Wildman–Crippen LogP) is 27.4. The second-order valence-electron chi connectivity index (χ2n) is 30.4. The van der Waals surface area contributed by atoms with Gasteiger partial charge in [0.25, 0.3) is 0 Å². The summed E-state index contributed by atoms with van der Waals surface area (Å²) in [6.45, 7) is 2.60. The molecule has 5 atom stereocenters. The van der Waals surface area contributed by atoms with Crippen molar-refractivity contribution in [3.63, 3.8) is 0 Å². The van der Waals surface area contributed by atoms with Crippen LogP contribution < -0.4 is 0 Å². The number of unbranched alkanes of at least 4 members (excludes halogenated alkanes) is 45. The molecule has 0 aromatic carbocycles. The van der Waals surface area contributed by atoms with E-state index >= 15 is 0 Å². The quantitative estimate of drug-likeness (QED) is 0.0146. The van der Waals surface area contributed by atoms with Crippen LogP contribution in [-0.2, 0) is 55.8 Å². The highest BCUT2D eigenvalue weighted by atomic mass is 31.2. The van der Waals surface area contributed by atoms with Crippen molar-refractivity contribution in [2.24, 2.45) is 0 Å². The second kappa shape index (κ2) is 85.6. The van der Waals surface area contributed by atoms with E-state index in [1.165, 1.54) is 231 Å². The highest BCUT2D eigenvalue weighted by Gasteiger charge is 2.29. The lowest BCUT2D eigenvalue weighted by atomic mass is 10.0. The third-order valence-electron chi connectivity index (χ3n) is 19.5. The number of carbonyl (C=O) groups is 3. The Hall–Kier alpha value is -3.79. The number of rotatable bonds is 86. The second-order valence-corrected chi connectivity index (χ2v) is 33.3. The van der Waals surface area contributed by atoms with Gasteiger partial charge in [0.05, 0.1) is 26.4 Å². The van der Waals surface area contributed by atoms with Crippen LogP contribution in [0.1, 0.15) is 406 Å². The fourth-order valence-electron chi connectivity index (χ4n) is 12.6. The summed E-state index contributed by atoms with van der Waals surface area (Å²) in [7, 11) is -9.78. The summed E-state index contributed by atoms with van der Waals surface area (Å²) in [6, 6.07) is 0. The van der Waals surface area contributed by atoms with E-state index in [1.807, 2.05) is 0 Å². The standard InChI is InChI=1S/C93H166O16P2/c1-4-7-10-13-16-19-22-24-26-28-30-32-34-36-38-40-42-43-45-47-48-50-52-54-56-58-60-62-65-67-70-73-76-79-91(96)103-82-88(94)83-105-110(99,100)106-84-89(95)85-107-111(101,102)108-87-90(109-93(98)81-78-75-72-69-64-21-18-15-12-9-6-3)86-104-92(97)80-77-74-71-68-66-63-61-59-57-55-53-51-49-46-44-41-39-37-35-33-31-29-27-25-23-20-17-14-11-8-5-2/h7,10,16-17,19-20,24-27,30-33,36-39,88-90,94-95H,4-6,8-9,11-15,18,21-23,28-29,34-35,40-87H2,1-3H3,(H,99,100)(H,101,102)/b10-7-,19-16-,20-17-,26-24-,27-25-,32-30-,33-31-,38-36-,39-37-. The predicted molar refractivity (Wildman–Crippen MR) is 464 cm³/mol. The molecule has 0 bridgehead atoms. The Morgan fingerprint density at radius 1 is 0.261 bits per heavy atom. The monoisotopic (exact) mass is 1600 g/mol. The summed E-state index contributed by atoms with van der Waals surface area (Å²) in [5.74, 6) is -1.55. The van der Waals surface area contributed by atoms with Crippen molar-refractivity contribution in [1.82, 2.24) is 0 Å². The van der Waals surface area contributed by atoms with Crippen molar-refractivity contribution in [3.05, 3.63) is 109 Å². The van der Waals surface area contributed by atoms with Gasteiger partial charge in [0.1, 0.15) is 25.4 Å². The maximum absolute atomic E-state index is 13.0. The summed E-state index contributed by atoms with van der Waals surface area (Å²) < 4.78 is 61.3. The maximum atomic E-state index is 13.0. The van der Waals surface area contributed by atoms with Crippen molar-refractivity contribution in [3.8, 4) is 0 Å². The van der Waals surface area contributed by atoms with Gasteiger partial charge >= 0.3 is 33.6 Å². The summed E-state index contributed by atoms with van der Waals surface area (Å²) in [4.78, 5) is 58.7. The third kappa shape index (κ3) is 86.9. The minimum absolute atomic E-state index is 0.109. The van der Waals surface area contributed by atoms with Gasteiger partial charge in [0.2, 0.25) is 0 Å². The molecular formula is C93H166O16P2. The number of hydrogen-bond donors (Lipinski definition) is 4. The fourth-order valence-corrected chi connectivity index (χ4v) is 14.2. The van der Waals surface area contributed by atoms with E-state index in [1.54, 1.807) is 0 Å². The molecule has 4 N–H and O–H groups in total. The summed E-state index contributed by atoms with van der Waals surface area (Å²) in [5, 5.41) is 20.7. The van der Waals surface area contributed by atoms with Crippen LogP contribution in [0.4, 0.5) is 0 Å². The molecule has 0 aromatic rings. The van der Waals surface area contributed by atoms with Crippen LogP contribution in [0.15, 0.2) is 109 Å². The molecule has 0 saturated heterocycles. The molecule has 0 aromatic heterocycles. The first kappa shape index (κ1) is 107. The van der Waals surface area contributed by atoms with Gasteiger partial charge in [-0.25, -0.2) is 9.13 Å². The number of aliphatic hydroxyl groups excluding tert-OH is 2. The van der Waals surface area contributed by atoms with Crippen LogP contribution in [0, 0.1) is 0 Å². The minimum atomic E-state index is -4.93. The summed E-state index contributed by atoms with van der Waals surface area (Å²) in [5.41, 5.74) is 0. The molecule has 111 heavy (non-hydrogen) atoms. The lowest BCUT2D eigenvalue weighted by molar-refractivity contribution is -0.161. The van der Waals surface area contributed by atoms with Crippen LogP contribution in [0.2, 0.25) is 0 Å². The molecule has 0 aliphatic carbocycles. The number of allylic oxidation sites excluding steroid dienone is 18. The number of phosphoric acid groups is 2. The van der Waals surface area contributed by atoms with E-state index in [9.17, 15) is 43.5 Å². The zero-order valence-corrected chi connectivity index (χ0v) is 72.7. The third-order valence-corrected chi connectivity index (χ3v) is 21.4. The van der Waals surface area contributed by atoms with Gasteiger partial charge in [-0.15, -0.1) is 0 Å². The molecule has 0 saturated carbocycles. The molecule has 0 radical (unpaired) electrons. The zero-order chi connectivity index (χ0) is 80.8. The highest BCUT2D eigenvalue weighted by molar-refractivity contribution is 7.47. The summed E-state index contributed by atoms with van der Waals surface area (Å²) >= 11 is 0. The molecule has 0 fully saturated rings. The lowest BCUT2D eigenvalue weighted by Crippen LogP contribution is -2.30. The smallest absolute Gasteiger partial charge is 0.463 e. The first-order valence-corrected chi connectivity index (χ1v) is 48.2. The molecule has 18 heteroatoms. The van der Waals surface area contributed by atoms with Crippen molar-refractivity contribution < 1.29 is 75.8 Å². The van der Waals surface area contributed by atoms with Crippen LogP contribution in [-0.4, -0.2) is 95.9 Å². The van der Waals surface area contributed by atoms with Crippen molar-refractivity contribution >= 4 is 33.6 Å². The van der Waals surface area contributed by atoms with Crippen LogP contribution >= 0.6 is 15.6 Å². The van der Waals surface area contributed by atoms with Crippen molar-refractivity contribution in [2.75, 3.05) is 39.6 Å². The van der Waals surface area contributed by atoms with Gasteiger partial charge in [0, 0.05) is 19.3 Å². The Labute approximate surface area is 679 Å². The number of esters is 3. The van der Waals surface area contributed by atoms with Crippen molar-refractivity contribution in [1.29, 1.82) is 0 Å². The summed E-state index contributed by atoms with van der Waals surface area (Å²) in [6.07, 6.45) is 103. The number of phosphoric ester groups is 2. The molecule has 0 aliphatic heterocycles. The van der Waals surface area contributed by atoms with Gasteiger partial charge in [-0.05, 0) is 109 Å². The normalized spacial score (nSPS) is 14.3. The highest BCUT2D eigenvalue weighted by Crippen LogP contribution is 2.45. The molecule has 5 unspecified atom stereocenters. The minimum Gasteiger partial charge on any atom is -0.463 e. The number of ether oxygens (including phenoxy) is 3. The van der Waals surface area contributed by atoms with E-state index in [-0.39, 0.29) is 19.3 Å². The van der Waals surface area contributed by atoms with E-state index in [4.69, 9.17) is 32.3 Å². The molecule has 0 heterocycles. The molecule has 0 rings (SSSR count). The topological polar surface area (TPSA) is 231 Å². The maximum Gasteiger partial charge on any atom is 0.472 e. The average Bonchev–Trinajstić information content (AvgIpc) is 0.898. The Morgan fingerprint density at radius 2 is 0.477 bits per heavy atom. The zero-order valence-electron chi connectivity index (χ0n) is 70.9. The average molecular weight is 1600 g/mol. The van der Waals surface area contributed by atoms with Crippen LogP contribution in [0.3, 0.4) is 0 Å². The Bertz CT molecular complexity index is 2450. The van der Waals surface area contributed by atoms with Crippen LogP contribution in [0.5, 0.6) is 0 Å². The number of hydrogen-bond acceptors (Lipinski definition) is 14. The van der Waals surface area contributed by atoms with E-state index < -0.39 is 91.5 Å². The SMILES string of the molecule is CC/C=C\C/C=C\C/C=C\C/C=C\C/C=C\CCCCCCCCCCCCCCCCCCCC(=O)OCC(O)COP(=O)(O)OCC(O)COP(=O)(O)OCC(COC(=O)CCCCCCCCCCCCCCCCC/C=C\C/C=C\C/C=C\C/C=C\CCCCC)OC(=O)CCCCCCCCCCCCC. The Balaban J connectivity index is 4.33. The van der Waals surface area contributed by atoms with Gasteiger partial charge in [0.15, 0.2) is 6.10 Å². The molecule has 16 nitrogen and oxygen atoms in total. The Morgan fingerprint density at radius 3 is 0.775 bits per heavy atom. The fraction of sp³-hybridized carbons (Fsp3) is 0.774. The Kier molecular flexibility index (Phi) is 82.7. The van der Waals surface area contributed by atoms with Gasteiger partial charge in [-0.2, -0.15) is 0 Å². The molecule has 0 aliphatic rings. The van der Waals surface area contributed by atoms with E-state index in [0.29, 0.717) is 19.3 Å². The van der Waals surface area contributed by atoms with Gasteiger partial charge < -0.3 is 34.2 Å².